The van der Waals surface area contributed by atoms with Gasteiger partial charge in [0.1, 0.15) is 0 Å². The molecule has 3 atom stereocenters. The van der Waals surface area contributed by atoms with Crippen molar-refractivity contribution in [2.45, 2.75) is 50.7 Å². The monoisotopic (exact) mass is 229 g/mol. The zero-order valence-electron chi connectivity index (χ0n) is 10.6. The predicted octanol–water partition coefficient (Wildman–Crippen LogP) is 0.343. The third kappa shape index (κ3) is 2.72. The van der Waals surface area contributed by atoms with Crippen molar-refractivity contribution in [2.24, 2.45) is 0 Å². The van der Waals surface area contributed by atoms with Crippen LogP contribution in [-0.4, -0.2) is 47.7 Å². The first-order valence-electron chi connectivity index (χ1n) is 5.78. The SMILES string of the molecule is CNC1(CC(=O)NO)C[C@@H](C)N(C)[C@@H](C)C1. The third-order valence-corrected chi connectivity index (χ3v) is 3.92. The van der Waals surface area contributed by atoms with Crippen LogP contribution in [0.3, 0.4) is 0 Å². The normalized spacial score (nSPS) is 36.1. The minimum atomic E-state index is -0.321. The maximum atomic E-state index is 11.3. The van der Waals surface area contributed by atoms with Gasteiger partial charge in [-0.25, -0.2) is 5.48 Å². The molecule has 16 heavy (non-hydrogen) atoms. The van der Waals surface area contributed by atoms with Gasteiger partial charge in [0.15, 0.2) is 0 Å². The summed E-state index contributed by atoms with van der Waals surface area (Å²) in [5.74, 6) is -0.321. The largest absolute Gasteiger partial charge is 0.314 e. The first kappa shape index (κ1) is 13.4. The molecule has 1 aliphatic heterocycles. The molecule has 5 heteroatoms. The molecule has 1 rings (SSSR count). The first-order valence-corrected chi connectivity index (χ1v) is 5.78. The second-order valence-corrected chi connectivity index (χ2v) is 5.01. The summed E-state index contributed by atoms with van der Waals surface area (Å²) < 4.78 is 0. The van der Waals surface area contributed by atoms with E-state index in [2.05, 4.69) is 31.1 Å². The maximum Gasteiger partial charge on any atom is 0.245 e. The summed E-state index contributed by atoms with van der Waals surface area (Å²) in [6.45, 7) is 4.33. The number of nitrogens with zero attached hydrogens (tertiary/aromatic N) is 1. The first-order chi connectivity index (χ1) is 7.44. The van der Waals surface area contributed by atoms with Crippen molar-refractivity contribution >= 4 is 5.91 Å². The average molecular weight is 229 g/mol. The molecule has 0 spiro atoms. The molecular weight excluding hydrogens is 206 g/mol. The lowest BCUT2D eigenvalue weighted by Crippen LogP contribution is -2.59. The molecular formula is C11H23N3O2. The van der Waals surface area contributed by atoms with E-state index < -0.39 is 0 Å². The molecule has 1 fully saturated rings. The molecule has 1 amide bonds. The third-order valence-electron chi connectivity index (χ3n) is 3.92. The van der Waals surface area contributed by atoms with E-state index in [9.17, 15) is 4.79 Å². The van der Waals surface area contributed by atoms with E-state index in [-0.39, 0.29) is 11.4 Å². The quantitative estimate of drug-likeness (QED) is 0.482. The van der Waals surface area contributed by atoms with E-state index in [1.165, 1.54) is 0 Å². The highest BCUT2D eigenvalue weighted by Gasteiger charge is 2.40. The van der Waals surface area contributed by atoms with Gasteiger partial charge in [-0.1, -0.05) is 0 Å². The minimum absolute atomic E-state index is 0.196. The second-order valence-electron chi connectivity index (χ2n) is 5.01. The Bertz CT molecular complexity index is 246. The van der Waals surface area contributed by atoms with Crippen LogP contribution in [0, 0.1) is 0 Å². The topological polar surface area (TPSA) is 64.6 Å². The number of likely N-dealkylation sites (tertiary alicyclic amines) is 1. The summed E-state index contributed by atoms with van der Waals surface area (Å²) in [6, 6.07) is 0.866. The highest BCUT2D eigenvalue weighted by molar-refractivity contribution is 5.76. The molecule has 3 N–H and O–H groups in total. The minimum Gasteiger partial charge on any atom is -0.314 e. The molecule has 1 saturated heterocycles. The van der Waals surface area contributed by atoms with Crippen molar-refractivity contribution in [1.29, 1.82) is 0 Å². The standard InChI is InChI=1S/C11H23N3O2/c1-8-5-11(12-3,7-10(15)13-16)6-9(2)14(8)4/h8-9,12,16H,5-7H2,1-4H3,(H,13,15)/t8-,9+,11?. The zero-order valence-corrected chi connectivity index (χ0v) is 10.6. The Kier molecular flexibility index (Phi) is 4.29. The van der Waals surface area contributed by atoms with Gasteiger partial charge in [0, 0.05) is 24.0 Å². The Labute approximate surface area is 97.2 Å². The van der Waals surface area contributed by atoms with Crippen LogP contribution in [0.1, 0.15) is 33.1 Å². The Morgan fingerprint density at radius 2 is 1.94 bits per heavy atom. The van der Waals surface area contributed by atoms with E-state index in [1.54, 1.807) is 5.48 Å². The van der Waals surface area contributed by atoms with Gasteiger partial charge in [-0.3, -0.25) is 10.0 Å². The van der Waals surface area contributed by atoms with Crippen molar-refractivity contribution in [2.75, 3.05) is 14.1 Å². The van der Waals surface area contributed by atoms with Crippen molar-refractivity contribution in [3.63, 3.8) is 0 Å². The fourth-order valence-electron chi connectivity index (χ4n) is 2.72. The van der Waals surface area contributed by atoms with Crippen LogP contribution in [0.2, 0.25) is 0 Å². The van der Waals surface area contributed by atoms with Gasteiger partial charge in [-0.05, 0) is 40.8 Å². The number of carbonyl (C=O) groups is 1. The lowest BCUT2D eigenvalue weighted by Gasteiger charge is -2.47. The van der Waals surface area contributed by atoms with Gasteiger partial charge >= 0.3 is 0 Å². The Morgan fingerprint density at radius 1 is 1.44 bits per heavy atom. The number of amides is 1. The molecule has 1 aliphatic rings. The van der Waals surface area contributed by atoms with Gasteiger partial charge < -0.3 is 10.2 Å². The maximum absolute atomic E-state index is 11.3. The van der Waals surface area contributed by atoms with Crippen LogP contribution in [-0.2, 0) is 4.79 Å². The van der Waals surface area contributed by atoms with Gasteiger partial charge in [0.2, 0.25) is 5.91 Å². The molecule has 0 aromatic heterocycles. The van der Waals surface area contributed by atoms with E-state index in [1.807, 2.05) is 7.05 Å². The summed E-state index contributed by atoms with van der Waals surface area (Å²) in [4.78, 5) is 13.7. The highest BCUT2D eigenvalue weighted by Crippen LogP contribution is 2.32. The molecule has 0 radical (unpaired) electrons. The molecule has 0 bridgehead atoms. The van der Waals surface area contributed by atoms with Crippen LogP contribution in [0.15, 0.2) is 0 Å². The number of nitrogens with one attached hydrogen (secondary N) is 2. The summed E-state index contributed by atoms with van der Waals surface area (Å²) >= 11 is 0. The van der Waals surface area contributed by atoms with Gasteiger partial charge in [-0.15, -0.1) is 0 Å². The molecule has 0 aliphatic carbocycles. The Hall–Kier alpha value is -0.650. The number of hydrogen-bond donors (Lipinski definition) is 3. The molecule has 0 aromatic carbocycles. The van der Waals surface area contributed by atoms with Gasteiger partial charge in [0.05, 0.1) is 0 Å². The number of hydrogen-bond acceptors (Lipinski definition) is 4. The lowest BCUT2D eigenvalue weighted by atomic mass is 9.78. The fraction of sp³-hybridized carbons (Fsp3) is 0.909. The van der Waals surface area contributed by atoms with E-state index in [0.29, 0.717) is 18.5 Å². The van der Waals surface area contributed by atoms with Crippen molar-refractivity contribution < 1.29 is 10.0 Å². The van der Waals surface area contributed by atoms with Crippen molar-refractivity contribution in [3.8, 4) is 0 Å². The van der Waals surface area contributed by atoms with Crippen LogP contribution in [0.4, 0.5) is 0 Å². The van der Waals surface area contributed by atoms with Crippen molar-refractivity contribution in [3.05, 3.63) is 0 Å². The number of rotatable bonds is 3. The molecule has 1 unspecified atom stereocenters. The summed E-state index contributed by atoms with van der Waals surface area (Å²) in [5.41, 5.74) is 1.52. The summed E-state index contributed by atoms with van der Waals surface area (Å²) in [7, 11) is 4.00. The van der Waals surface area contributed by atoms with Crippen LogP contribution in [0.5, 0.6) is 0 Å². The molecule has 94 valence electrons. The molecule has 0 aromatic rings. The van der Waals surface area contributed by atoms with Crippen LogP contribution < -0.4 is 10.8 Å². The smallest absolute Gasteiger partial charge is 0.245 e. The van der Waals surface area contributed by atoms with E-state index in [4.69, 9.17) is 5.21 Å². The Morgan fingerprint density at radius 3 is 2.31 bits per heavy atom. The van der Waals surface area contributed by atoms with E-state index in [0.717, 1.165) is 12.8 Å². The Balaban J connectivity index is 2.76. The fourth-order valence-corrected chi connectivity index (χ4v) is 2.72. The summed E-state index contributed by atoms with van der Waals surface area (Å²) in [6.07, 6.45) is 2.15. The highest BCUT2D eigenvalue weighted by atomic mass is 16.5. The zero-order chi connectivity index (χ0) is 12.3. The van der Waals surface area contributed by atoms with Gasteiger partial charge in [-0.2, -0.15) is 0 Å². The number of carbonyl (C=O) groups excluding carboxylic acids is 1. The van der Waals surface area contributed by atoms with Crippen molar-refractivity contribution in [1.82, 2.24) is 15.7 Å². The lowest BCUT2D eigenvalue weighted by molar-refractivity contribution is -0.131. The average Bonchev–Trinajstić information content (AvgIpc) is 2.25. The molecule has 0 saturated carbocycles. The number of piperidine rings is 1. The van der Waals surface area contributed by atoms with Gasteiger partial charge in [0.25, 0.3) is 0 Å². The van der Waals surface area contributed by atoms with Crippen LogP contribution in [0.25, 0.3) is 0 Å². The molecule has 1 heterocycles. The number of hydroxylamine groups is 1. The van der Waals surface area contributed by atoms with Crippen LogP contribution >= 0.6 is 0 Å². The van der Waals surface area contributed by atoms with E-state index >= 15 is 0 Å². The summed E-state index contributed by atoms with van der Waals surface area (Å²) in [5, 5.41) is 11.9. The second kappa shape index (κ2) is 5.12. The predicted molar refractivity (Wildman–Crippen MR) is 62.3 cm³/mol. The molecule has 5 nitrogen and oxygen atoms in total.